The van der Waals surface area contributed by atoms with Gasteiger partial charge in [-0.15, -0.1) is 0 Å². The van der Waals surface area contributed by atoms with Crippen LogP contribution in [0.1, 0.15) is 142 Å². The minimum atomic E-state index is -4.36. The fraction of sp³-hybridized carbons (Fsp3) is 0.771. The first-order chi connectivity index (χ1) is 21.8. The van der Waals surface area contributed by atoms with Crippen molar-refractivity contribution in [1.82, 2.24) is 0 Å². The summed E-state index contributed by atoms with van der Waals surface area (Å²) >= 11 is 0. The van der Waals surface area contributed by atoms with Crippen LogP contribution in [0, 0.1) is 0 Å². The Bertz CT molecular complexity index is 846. The van der Waals surface area contributed by atoms with E-state index in [0.29, 0.717) is 6.42 Å². The highest BCUT2D eigenvalue weighted by Gasteiger charge is 2.25. The molecule has 0 fully saturated rings. The molecule has 0 aromatic carbocycles. The van der Waals surface area contributed by atoms with E-state index in [0.717, 1.165) is 83.5 Å². The van der Waals surface area contributed by atoms with Gasteiger partial charge in [-0.1, -0.05) is 115 Å². The molecule has 2 unspecified atom stereocenters. The SMILES string of the molecule is CCCCC/C=C\C/C=C\C/C=C\CCCCCCCCC(=O)OC(COC(=O)CCCCCCC)COP(=O)(O)OCCN. The van der Waals surface area contributed by atoms with Crippen molar-refractivity contribution in [2.45, 2.75) is 148 Å². The van der Waals surface area contributed by atoms with Gasteiger partial charge >= 0.3 is 19.8 Å². The Morgan fingerprint density at radius 2 is 1.16 bits per heavy atom. The van der Waals surface area contributed by atoms with Gasteiger partial charge in [-0.05, 0) is 51.4 Å². The zero-order valence-electron chi connectivity index (χ0n) is 28.3. The molecular weight excluding hydrogens is 593 g/mol. The number of phosphoric acid groups is 1. The van der Waals surface area contributed by atoms with Crippen molar-refractivity contribution >= 4 is 19.8 Å². The topological polar surface area (TPSA) is 134 Å². The standard InChI is InChI=1S/C35H64NO8P/c1-3-5-7-9-10-11-12-13-14-15-16-17-18-19-20-21-22-24-26-28-35(38)44-33(32-43-45(39,40)42-30-29-36)31-41-34(37)27-25-23-8-6-4-2/h10-11,13-14,16-17,33H,3-9,12,15,18-32,36H2,1-2H3,(H,39,40)/b11-10-,14-13-,17-16-. The molecule has 0 spiro atoms. The third kappa shape index (κ3) is 32.0. The molecule has 0 aliphatic carbocycles. The van der Waals surface area contributed by atoms with E-state index in [-0.39, 0.29) is 32.6 Å². The first-order valence-electron chi connectivity index (χ1n) is 17.5. The minimum Gasteiger partial charge on any atom is -0.462 e. The van der Waals surface area contributed by atoms with Gasteiger partial charge in [-0.25, -0.2) is 4.57 Å². The average Bonchev–Trinajstić information content (AvgIpc) is 3.02. The van der Waals surface area contributed by atoms with E-state index in [9.17, 15) is 19.0 Å². The predicted octanol–water partition coefficient (Wildman–Crippen LogP) is 9.04. The third-order valence-electron chi connectivity index (χ3n) is 7.03. The maximum Gasteiger partial charge on any atom is 0.472 e. The van der Waals surface area contributed by atoms with E-state index in [1.165, 1.54) is 25.7 Å². The summed E-state index contributed by atoms with van der Waals surface area (Å²) in [4.78, 5) is 34.3. The number of carbonyl (C=O) groups is 2. The lowest BCUT2D eigenvalue weighted by Crippen LogP contribution is -2.29. The number of unbranched alkanes of at least 4 members (excludes halogenated alkanes) is 13. The summed E-state index contributed by atoms with van der Waals surface area (Å²) < 4.78 is 32.4. The number of esters is 2. The smallest absolute Gasteiger partial charge is 0.462 e. The van der Waals surface area contributed by atoms with E-state index in [1.54, 1.807) is 0 Å². The summed E-state index contributed by atoms with van der Waals surface area (Å²) in [5.74, 6) is -0.861. The molecule has 3 N–H and O–H groups in total. The summed E-state index contributed by atoms with van der Waals surface area (Å²) in [5.41, 5.74) is 5.30. The van der Waals surface area contributed by atoms with Gasteiger partial charge in [0.2, 0.25) is 0 Å². The number of ether oxygens (including phenoxy) is 2. The van der Waals surface area contributed by atoms with Gasteiger partial charge < -0.3 is 20.1 Å². The van der Waals surface area contributed by atoms with Crippen molar-refractivity contribution in [2.24, 2.45) is 5.73 Å². The van der Waals surface area contributed by atoms with Crippen LogP contribution in [0.15, 0.2) is 36.5 Å². The monoisotopic (exact) mass is 657 g/mol. The lowest BCUT2D eigenvalue weighted by atomic mass is 10.1. The molecule has 0 bridgehead atoms. The Kier molecular flexibility index (Phi) is 30.9. The van der Waals surface area contributed by atoms with Crippen LogP contribution in [0.25, 0.3) is 0 Å². The molecule has 0 amide bonds. The van der Waals surface area contributed by atoms with Gasteiger partial charge in [0.1, 0.15) is 6.61 Å². The summed E-state index contributed by atoms with van der Waals surface area (Å²) in [5, 5.41) is 0. The highest BCUT2D eigenvalue weighted by Crippen LogP contribution is 2.43. The second-order valence-electron chi connectivity index (χ2n) is 11.4. The van der Waals surface area contributed by atoms with E-state index in [2.05, 4.69) is 50.3 Å². The van der Waals surface area contributed by atoms with Crippen LogP contribution in [-0.2, 0) is 32.7 Å². The highest BCUT2D eigenvalue weighted by atomic mass is 31.2. The lowest BCUT2D eigenvalue weighted by molar-refractivity contribution is -0.161. The highest BCUT2D eigenvalue weighted by molar-refractivity contribution is 7.47. The maximum absolute atomic E-state index is 12.4. The molecule has 0 saturated heterocycles. The van der Waals surface area contributed by atoms with Gasteiger partial charge in [0.25, 0.3) is 0 Å². The number of allylic oxidation sites excluding steroid dienone is 6. The van der Waals surface area contributed by atoms with Gasteiger partial charge in [0, 0.05) is 19.4 Å². The molecule has 0 aromatic heterocycles. The largest absolute Gasteiger partial charge is 0.472 e. The number of phosphoric ester groups is 1. The van der Waals surface area contributed by atoms with Crippen LogP contribution < -0.4 is 5.73 Å². The number of rotatable bonds is 32. The van der Waals surface area contributed by atoms with Crippen LogP contribution in [0.3, 0.4) is 0 Å². The molecule has 0 rings (SSSR count). The lowest BCUT2D eigenvalue weighted by Gasteiger charge is -2.19. The van der Waals surface area contributed by atoms with Crippen molar-refractivity contribution in [2.75, 3.05) is 26.4 Å². The van der Waals surface area contributed by atoms with Gasteiger partial charge in [-0.2, -0.15) is 0 Å². The fourth-order valence-electron chi connectivity index (χ4n) is 4.40. The van der Waals surface area contributed by atoms with Crippen LogP contribution in [0.4, 0.5) is 0 Å². The van der Waals surface area contributed by atoms with Crippen LogP contribution in [-0.4, -0.2) is 49.3 Å². The molecule has 0 saturated carbocycles. The number of carbonyl (C=O) groups excluding carboxylic acids is 2. The fourth-order valence-corrected chi connectivity index (χ4v) is 5.17. The molecule has 45 heavy (non-hydrogen) atoms. The second-order valence-corrected chi connectivity index (χ2v) is 12.8. The summed E-state index contributed by atoms with van der Waals surface area (Å²) in [6.07, 6.45) is 32.2. The molecule has 0 radical (unpaired) electrons. The quantitative estimate of drug-likeness (QED) is 0.0314. The van der Waals surface area contributed by atoms with Crippen LogP contribution >= 0.6 is 7.82 Å². The number of hydrogen-bond donors (Lipinski definition) is 2. The van der Waals surface area contributed by atoms with Crippen LogP contribution in [0.5, 0.6) is 0 Å². The zero-order chi connectivity index (χ0) is 33.3. The Morgan fingerprint density at radius 1 is 0.667 bits per heavy atom. The first-order valence-corrected chi connectivity index (χ1v) is 19.0. The molecule has 0 aromatic rings. The second kappa shape index (κ2) is 32.2. The van der Waals surface area contributed by atoms with Crippen molar-refractivity contribution in [1.29, 1.82) is 0 Å². The Hall–Kier alpha value is -1.77. The Balaban J connectivity index is 4.16. The van der Waals surface area contributed by atoms with Crippen molar-refractivity contribution < 1.29 is 37.6 Å². The van der Waals surface area contributed by atoms with E-state index < -0.39 is 32.5 Å². The Morgan fingerprint density at radius 3 is 1.76 bits per heavy atom. The van der Waals surface area contributed by atoms with Crippen LogP contribution in [0.2, 0.25) is 0 Å². The first kappa shape index (κ1) is 43.2. The molecule has 9 nitrogen and oxygen atoms in total. The van der Waals surface area contributed by atoms with Gasteiger partial charge in [0.15, 0.2) is 6.10 Å². The predicted molar refractivity (Wildman–Crippen MR) is 183 cm³/mol. The van der Waals surface area contributed by atoms with E-state index >= 15 is 0 Å². The number of nitrogens with two attached hydrogens (primary N) is 1. The van der Waals surface area contributed by atoms with Gasteiger partial charge in [-0.3, -0.25) is 18.6 Å². The Labute approximate surface area is 274 Å². The van der Waals surface area contributed by atoms with Crippen molar-refractivity contribution in [3.8, 4) is 0 Å². The number of hydrogen-bond acceptors (Lipinski definition) is 8. The molecule has 2 atom stereocenters. The van der Waals surface area contributed by atoms with E-state index in [4.69, 9.17) is 24.3 Å². The minimum absolute atomic E-state index is 0.0504. The summed E-state index contributed by atoms with van der Waals surface area (Å²) in [7, 11) is -4.36. The van der Waals surface area contributed by atoms with E-state index in [1.807, 2.05) is 0 Å². The molecule has 0 aliphatic heterocycles. The maximum atomic E-state index is 12.4. The molecule has 0 heterocycles. The van der Waals surface area contributed by atoms with Crippen molar-refractivity contribution in [3.63, 3.8) is 0 Å². The molecule has 0 aliphatic rings. The summed E-state index contributed by atoms with van der Waals surface area (Å²) in [6.45, 7) is 3.56. The zero-order valence-corrected chi connectivity index (χ0v) is 29.2. The van der Waals surface area contributed by atoms with Crippen molar-refractivity contribution in [3.05, 3.63) is 36.5 Å². The average molecular weight is 658 g/mol. The van der Waals surface area contributed by atoms with Gasteiger partial charge in [0.05, 0.1) is 13.2 Å². The molecule has 10 heteroatoms. The summed E-state index contributed by atoms with van der Waals surface area (Å²) in [6, 6.07) is 0. The molecular formula is C35H64NO8P. The molecule has 262 valence electrons. The third-order valence-corrected chi connectivity index (χ3v) is 8.01. The normalized spacial score (nSPS) is 14.0.